The number of rotatable bonds is 5. The highest BCUT2D eigenvalue weighted by molar-refractivity contribution is 7.08. The van der Waals surface area contributed by atoms with Crippen molar-refractivity contribution < 1.29 is 9.53 Å². The molecule has 0 aliphatic rings. The molecule has 0 atom stereocenters. The lowest BCUT2D eigenvalue weighted by atomic mass is 10.1. The molecule has 17 heavy (non-hydrogen) atoms. The standard InChI is InChI=1S/C14H14O2S/c1-2-16-13-5-3-12(4-6-13)14(15)9-11-7-8-17-10-11/h3-8,10H,2,9H2,1H3. The van der Waals surface area contributed by atoms with Crippen molar-refractivity contribution in [1.29, 1.82) is 0 Å². The third kappa shape index (κ3) is 3.17. The zero-order valence-electron chi connectivity index (χ0n) is 9.68. The Morgan fingerprint density at radius 2 is 2.00 bits per heavy atom. The molecule has 0 aliphatic carbocycles. The molecule has 2 rings (SSSR count). The zero-order valence-corrected chi connectivity index (χ0v) is 10.5. The Bertz CT molecular complexity index is 471. The van der Waals surface area contributed by atoms with E-state index in [9.17, 15) is 4.79 Å². The van der Waals surface area contributed by atoms with Crippen molar-refractivity contribution in [2.75, 3.05) is 6.61 Å². The van der Waals surface area contributed by atoms with Crippen LogP contribution in [-0.2, 0) is 6.42 Å². The molecule has 1 aromatic heterocycles. The van der Waals surface area contributed by atoms with E-state index in [4.69, 9.17) is 4.74 Å². The van der Waals surface area contributed by atoms with Crippen LogP contribution in [0, 0.1) is 0 Å². The third-order valence-corrected chi connectivity index (χ3v) is 3.16. The predicted octanol–water partition coefficient (Wildman–Crippen LogP) is 3.57. The molecule has 0 saturated heterocycles. The van der Waals surface area contributed by atoms with E-state index in [1.165, 1.54) is 0 Å². The summed E-state index contributed by atoms with van der Waals surface area (Å²) in [5.74, 6) is 0.950. The SMILES string of the molecule is CCOc1ccc(C(=O)Cc2ccsc2)cc1. The largest absolute Gasteiger partial charge is 0.494 e. The average Bonchev–Trinajstić information content (AvgIpc) is 2.83. The highest BCUT2D eigenvalue weighted by Gasteiger charge is 2.07. The molecule has 88 valence electrons. The lowest BCUT2D eigenvalue weighted by Crippen LogP contribution is -2.02. The molecule has 0 saturated carbocycles. The topological polar surface area (TPSA) is 26.3 Å². The van der Waals surface area contributed by atoms with Gasteiger partial charge in [0.05, 0.1) is 6.61 Å². The summed E-state index contributed by atoms with van der Waals surface area (Å²) in [5, 5.41) is 3.99. The van der Waals surface area contributed by atoms with Crippen molar-refractivity contribution in [2.24, 2.45) is 0 Å². The highest BCUT2D eigenvalue weighted by atomic mass is 32.1. The molecule has 0 bridgehead atoms. The number of hydrogen-bond donors (Lipinski definition) is 0. The fourth-order valence-electron chi connectivity index (χ4n) is 1.58. The first-order valence-corrected chi connectivity index (χ1v) is 6.51. The Balaban J connectivity index is 2.04. The van der Waals surface area contributed by atoms with Crippen molar-refractivity contribution in [2.45, 2.75) is 13.3 Å². The van der Waals surface area contributed by atoms with E-state index in [-0.39, 0.29) is 5.78 Å². The van der Waals surface area contributed by atoms with Gasteiger partial charge in [0.15, 0.2) is 5.78 Å². The van der Waals surface area contributed by atoms with Gasteiger partial charge in [0.2, 0.25) is 0 Å². The molecule has 2 aromatic rings. The van der Waals surface area contributed by atoms with Crippen LogP contribution in [0.5, 0.6) is 5.75 Å². The summed E-state index contributed by atoms with van der Waals surface area (Å²) in [6.45, 7) is 2.58. The second kappa shape index (κ2) is 5.64. The van der Waals surface area contributed by atoms with Crippen LogP contribution < -0.4 is 4.74 Å². The number of thiophene rings is 1. The van der Waals surface area contributed by atoms with E-state index >= 15 is 0 Å². The van der Waals surface area contributed by atoms with Crippen LogP contribution in [0.4, 0.5) is 0 Å². The molecule has 0 radical (unpaired) electrons. The lowest BCUT2D eigenvalue weighted by molar-refractivity contribution is 0.0993. The molecule has 0 amide bonds. The molecule has 3 heteroatoms. The maximum absolute atomic E-state index is 11.9. The van der Waals surface area contributed by atoms with Crippen LogP contribution in [0.25, 0.3) is 0 Å². The molecule has 0 unspecified atom stereocenters. The van der Waals surface area contributed by atoms with Crippen LogP contribution in [0.1, 0.15) is 22.8 Å². The minimum absolute atomic E-state index is 0.145. The van der Waals surface area contributed by atoms with Gasteiger partial charge in [-0.05, 0) is 53.6 Å². The molecule has 1 aromatic carbocycles. The van der Waals surface area contributed by atoms with Crippen molar-refractivity contribution in [1.82, 2.24) is 0 Å². The summed E-state index contributed by atoms with van der Waals surface area (Å²) in [7, 11) is 0. The van der Waals surface area contributed by atoms with E-state index in [0.717, 1.165) is 16.9 Å². The number of ketones is 1. The average molecular weight is 246 g/mol. The molecule has 0 aliphatic heterocycles. The fourth-order valence-corrected chi connectivity index (χ4v) is 2.25. The third-order valence-electron chi connectivity index (χ3n) is 2.43. The molecule has 2 nitrogen and oxygen atoms in total. The van der Waals surface area contributed by atoms with Gasteiger partial charge in [-0.15, -0.1) is 0 Å². The first-order valence-electron chi connectivity index (χ1n) is 5.56. The number of hydrogen-bond acceptors (Lipinski definition) is 3. The number of benzene rings is 1. The summed E-state index contributed by atoms with van der Waals surface area (Å²) < 4.78 is 5.34. The van der Waals surface area contributed by atoms with Gasteiger partial charge in [-0.3, -0.25) is 4.79 Å². The Kier molecular flexibility index (Phi) is 3.94. The van der Waals surface area contributed by atoms with Gasteiger partial charge in [0.25, 0.3) is 0 Å². The minimum Gasteiger partial charge on any atom is -0.494 e. The Morgan fingerprint density at radius 3 is 2.59 bits per heavy atom. The van der Waals surface area contributed by atoms with Gasteiger partial charge in [0.1, 0.15) is 5.75 Å². The highest BCUT2D eigenvalue weighted by Crippen LogP contribution is 2.15. The van der Waals surface area contributed by atoms with Crippen molar-refractivity contribution in [3.8, 4) is 5.75 Å². The summed E-state index contributed by atoms with van der Waals surface area (Å²) in [6, 6.07) is 9.30. The van der Waals surface area contributed by atoms with E-state index < -0.39 is 0 Å². The van der Waals surface area contributed by atoms with E-state index in [1.807, 2.05) is 48.0 Å². The molecular formula is C14H14O2S. The summed E-state index contributed by atoms with van der Waals surface area (Å²) in [5.41, 5.74) is 1.81. The van der Waals surface area contributed by atoms with E-state index in [2.05, 4.69) is 0 Å². The van der Waals surface area contributed by atoms with Gasteiger partial charge in [0, 0.05) is 12.0 Å². The molecular weight excluding hydrogens is 232 g/mol. The maximum atomic E-state index is 11.9. The van der Waals surface area contributed by atoms with Crippen LogP contribution in [0.2, 0.25) is 0 Å². The monoisotopic (exact) mass is 246 g/mol. The van der Waals surface area contributed by atoms with Crippen LogP contribution in [0.15, 0.2) is 41.1 Å². The first kappa shape index (κ1) is 11.9. The van der Waals surface area contributed by atoms with Gasteiger partial charge in [-0.2, -0.15) is 11.3 Å². The molecule has 0 spiro atoms. The Hall–Kier alpha value is -1.61. The minimum atomic E-state index is 0.145. The van der Waals surface area contributed by atoms with Crippen molar-refractivity contribution in [3.63, 3.8) is 0 Å². The van der Waals surface area contributed by atoms with Gasteiger partial charge in [-0.1, -0.05) is 0 Å². The second-order valence-corrected chi connectivity index (χ2v) is 4.47. The molecule has 1 heterocycles. The lowest BCUT2D eigenvalue weighted by Gasteiger charge is -2.04. The quantitative estimate of drug-likeness (QED) is 0.754. The smallest absolute Gasteiger partial charge is 0.167 e. The maximum Gasteiger partial charge on any atom is 0.167 e. The number of carbonyl (C=O) groups is 1. The summed E-state index contributed by atoms with van der Waals surface area (Å²) >= 11 is 1.61. The van der Waals surface area contributed by atoms with Crippen LogP contribution in [-0.4, -0.2) is 12.4 Å². The predicted molar refractivity (Wildman–Crippen MR) is 70.0 cm³/mol. The van der Waals surface area contributed by atoms with Gasteiger partial charge in [-0.25, -0.2) is 0 Å². The van der Waals surface area contributed by atoms with Crippen molar-refractivity contribution in [3.05, 3.63) is 52.2 Å². The van der Waals surface area contributed by atoms with Crippen LogP contribution in [0.3, 0.4) is 0 Å². The second-order valence-electron chi connectivity index (χ2n) is 3.69. The summed E-state index contributed by atoms with van der Waals surface area (Å²) in [6.07, 6.45) is 0.470. The van der Waals surface area contributed by atoms with Crippen molar-refractivity contribution >= 4 is 17.1 Å². The Morgan fingerprint density at radius 1 is 1.24 bits per heavy atom. The van der Waals surface area contributed by atoms with Crippen LogP contribution >= 0.6 is 11.3 Å². The van der Waals surface area contributed by atoms with Gasteiger partial charge < -0.3 is 4.74 Å². The van der Waals surface area contributed by atoms with E-state index in [1.54, 1.807) is 11.3 Å². The number of ether oxygens (including phenoxy) is 1. The summed E-state index contributed by atoms with van der Waals surface area (Å²) in [4.78, 5) is 11.9. The molecule has 0 fully saturated rings. The normalized spacial score (nSPS) is 10.2. The number of carbonyl (C=O) groups excluding carboxylic acids is 1. The van der Waals surface area contributed by atoms with E-state index in [0.29, 0.717) is 13.0 Å². The number of Topliss-reactive ketones (excluding diaryl/α,β-unsaturated/α-hetero) is 1. The van der Waals surface area contributed by atoms with Gasteiger partial charge >= 0.3 is 0 Å². The first-order chi connectivity index (χ1) is 8.29. The Labute approximate surface area is 105 Å². The zero-order chi connectivity index (χ0) is 12.1. The molecule has 0 N–H and O–H groups in total. The fraction of sp³-hybridized carbons (Fsp3) is 0.214.